The van der Waals surface area contributed by atoms with Gasteiger partial charge in [-0.15, -0.1) is 11.3 Å². The van der Waals surface area contributed by atoms with E-state index in [2.05, 4.69) is 20.9 Å². The van der Waals surface area contributed by atoms with Crippen LogP contribution in [0, 0.1) is 5.92 Å². The van der Waals surface area contributed by atoms with Crippen LogP contribution in [0.1, 0.15) is 56.6 Å². The quantitative estimate of drug-likeness (QED) is 0.138. The van der Waals surface area contributed by atoms with Gasteiger partial charge in [-0.05, 0) is 42.5 Å². The molecule has 1 aliphatic heterocycles. The third kappa shape index (κ3) is 12.5. The number of hydrogen-bond acceptors (Lipinski definition) is 12. The van der Waals surface area contributed by atoms with E-state index in [1.807, 2.05) is 58.1 Å². The average molecular weight is 721 g/mol. The van der Waals surface area contributed by atoms with Gasteiger partial charge in [0.15, 0.2) is 14.4 Å². The van der Waals surface area contributed by atoms with Crippen molar-refractivity contribution >= 4 is 49.5 Å². The Morgan fingerprint density at radius 3 is 2.29 bits per heavy atom. The molecule has 0 aliphatic carbocycles. The van der Waals surface area contributed by atoms with E-state index in [0.717, 1.165) is 31.1 Å². The van der Waals surface area contributed by atoms with Gasteiger partial charge in [0.05, 0.1) is 20.3 Å². The molecule has 1 aliphatic rings. The zero-order valence-electron chi connectivity index (χ0n) is 29.2. The SMILES string of the molecule is COC(=O)[C@H](COC(C)=O)NC(=O)[C@H](CO[Si](C)(C)C(C)(C)C)NC(=O)c1csc(-c2ccc(CNC(=O)OCC3CCOCC3)cc2)n1. The summed E-state index contributed by atoms with van der Waals surface area (Å²) in [6.07, 6.45) is 1.29. The van der Waals surface area contributed by atoms with Crippen LogP contribution in [0.15, 0.2) is 29.6 Å². The van der Waals surface area contributed by atoms with Crippen LogP contribution in [-0.4, -0.2) is 95.4 Å². The maximum atomic E-state index is 13.4. The summed E-state index contributed by atoms with van der Waals surface area (Å²) in [4.78, 5) is 67.0. The molecule has 1 fully saturated rings. The number of nitrogens with zero attached hydrogens (tertiary/aromatic N) is 1. The van der Waals surface area contributed by atoms with Crippen LogP contribution in [0.5, 0.6) is 0 Å². The molecule has 16 heteroatoms. The Kier molecular flexibility index (Phi) is 14.7. The van der Waals surface area contributed by atoms with E-state index < -0.39 is 56.9 Å². The number of ether oxygens (including phenoxy) is 4. The number of hydrogen-bond donors (Lipinski definition) is 3. The number of alkyl carbamates (subject to hydrolysis) is 1. The van der Waals surface area contributed by atoms with Crippen LogP contribution < -0.4 is 16.0 Å². The molecule has 0 bridgehead atoms. The van der Waals surface area contributed by atoms with Crippen LogP contribution >= 0.6 is 11.3 Å². The lowest BCUT2D eigenvalue weighted by Crippen LogP contribution is -2.56. The Hall–Kier alpha value is -3.86. The first kappa shape index (κ1) is 39.6. The van der Waals surface area contributed by atoms with Crippen molar-refractivity contribution in [1.82, 2.24) is 20.9 Å². The summed E-state index contributed by atoms with van der Waals surface area (Å²) in [5.74, 6) is -2.47. The molecule has 3 rings (SSSR count). The Balaban J connectivity index is 1.65. The number of rotatable bonds is 15. The molecule has 2 atom stereocenters. The summed E-state index contributed by atoms with van der Waals surface area (Å²) in [7, 11) is -1.21. The summed E-state index contributed by atoms with van der Waals surface area (Å²) in [5.41, 5.74) is 1.71. The highest BCUT2D eigenvalue weighted by Gasteiger charge is 2.39. The zero-order chi connectivity index (χ0) is 36.2. The molecule has 49 heavy (non-hydrogen) atoms. The van der Waals surface area contributed by atoms with Gasteiger partial charge in [0.25, 0.3) is 5.91 Å². The number of methoxy groups -OCH3 is 1. The molecular formula is C33H48N4O10SSi. The third-order valence-electron chi connectivity index (χ3n) is 8.46. The van der Waals surface area contributed by atoms with Crippen molar-refractivity contribution < 1.29 is 47.3 Å². The number of carbonyl (C=O) groups excluding carboxylic acids is 5. The highest BCUT2D eigenvalue weighted by Crippen LogP contribution is 2.36. The molecule has 270 valence electrons. The van der Waals surface area contributed by atoms with Gasteiger partial charge in [0.1, 0.15) is 23.4 Å². The Morgan fingerprint density at radius 2 is 1.67 bits per heavy atom. The van der Waals surface area contributed by atoms with Crippen molar-refractivity contribution in [3.05, 3.63) is 40.9 Å². The molecule has 0 spiro atoms. The standard InChI is InChI=1S/C33H48N4O10SSi/c1-21(38)45-18-26(31(41)43-5)36-28(39)25(19-47-49(6,7)33(2,3)4)35-29(40)27-20-48-30(37-27)24-10-8-22(9-11-24)16-34-32(42)46-17-23-12-14-44-15-13-23/h8-11,20,23,25-26H,12-19H2,1-7H3,(H,34,42)(H,35,40)(H,36,39)/t25-,26-/m0/s1. The lowest BCUT2D eigenvalue weighted by Gasteiger charge is -2.37. The molecule has 3 amide bonds. The van der Waals surface area contributed by atoms with Gasteiger partial charge in [-0.2, -0.15) is 0 Å². The highest BCUT2D eigenvalue weighted by atomic mass is 32.1. The zero-order valence-corrected chi connectivity index (χ0v) is 31.0. The van der Waals surface area contributed by atoms with Crippen molar-refractivity contribution in [2.45, 2.75) is 77.3 Å². The second-order valence-electron chi connectivity index (χ2n) is 13.2. The second kappa shape index (κ2) is 18.2. The fourth-order valence-electron chi connectivity index (χ4n) is 4.31. The second-order valence-corrected chi connectivity index (χ2v) is 18.9. The van der Waals surface area contributed by atoms with Crippen molar-refractivity contribution in [1.29, 1.82) is 0 Å². The summed E-state index contributed by atoms with van der Waals surface area (Å²) in [5, 5.41) is 9.93. The van der Waals surface area contributed by atoms with E-state index in [0.29, 0.717) is 30.7 Å². The first-order chi connectivity index (χ1) is 23.1. The highest BCUT2D eigenvalue weighted by molar-refractivity contribution is 7.13. The van der Waals surface area contributed by atoms with Crippen LogP contribution in [0.4, 0.5) is 4.79 Å². The summed E-state index contributed by atoms with van der Waals surface area (Å²) < 4.78 is 26.6. The van der Waals surface area contributed by atoms with E-state index in [4.69, 9.17) is 23.4 Å². The molecule has 0 saturated carbocycles. The third-order valence-corrected chi connectivity index (χ3v) is 13.9. The number of carbonyl (C=O) groups is 5. The molecule has 1 saturated heterocycles. The predicted octanol–water partition coefficient (Wildman–Crippen LogP) is 3.80. The fourth-order valence-corrected chi connectivity index (χ4v) is 6.14. The smallest absolute Gasteiger partial charge is 0.407 e. The van der Waals surface area contributed by atoms with E-state index >= 15 is 0 Å². The van der Waals surface area contributed by atoms with Gasteiger partial charge < -0.3 is 39.3 Å². The normalized spacial score (nSPS) is 15.0. The minimum absolute atomic E-state index is 0.0903. The number of thiazole rings is 1. The first-order valence-corrected chi connectivity index (χ1v) is 19.9. The van der Waals surface area contributed by atoms with Gasteiger partial charge in [-0.1, -0.05) is 45.0 Å². The van der Waals surface area contributed by atoms with E-state index in [1.165, 1.54) is 18.3 Å². The van der Waals surface area contributed by atoms with E-state index in [9.17, 15) is 24.0 Å². The van der Waals surface area contributed by atoms with Crippen molar-refractivity contribution in [2.24, 2.45) is 5.92 Å². The van der Waals surface area contributed by atoms with Crippen LogP contribution in [0.2, 0.25) is 18.1 Å². The van der Waals surface area contributed by atoms with E-state index in [-0.39, 0.29) is 23.9 Å². The largest absolute Gasteiger partial charge is 0.467 e. The predicted molar refractivity (Wildman–Crippen MR) is 184 cm³/mol. The summed E-state index contributed by atoms with van der Waals surface area (Å²) in [6, 6.07) is 4.88. The van der Waals surface area contributed by atoms with Crippen molar-refractivity contribution in [3.63, 3.8) is 0 Å². The molecule has 3 N–H and O–H groups in total. The van der Waals surface area contributed by atoms with Gasteiger partial charge in [0.2, 0.25) is 5.91 Å². The number of esters is 2. The van der Waals surface area contributed by atoms with Crippen molar-refractivity contribution in [2.75, 3.05) is 40.1 Å². The number of benzene rings is 1. The lowest BCUT2D eigenvalue weighted by atomic mass is 10.0. The Morgan fingerprint density at radius 1 is 1.00 bits per heavy atom. The Labute approximate surface area is 292 Å². The first-order valence-electron chi connectivity index (χ1n) is 16.1. The molecular weight excluding hydrogens is 673 g/mol. The molecule has 14 nitrogen and oxygen atoms in total. The average Bonchev–Trinajstić information content (AvgIpc) is 3.57. The maximum absolute atomic E-state index is 13.4. The van der Waals surface area contributed by atoms with Gasteiger partial charge in [0, 0.05) is 37.6 Å². The fraction of sp³-hybridized carbons (Fsp3) is 0.576. The van der Waals surface area contributed by atoms with Crippen molar-refractivity contribution in [3.8, 4) is 10.6 Å². The van der Waals surface area contributed by atoms with Crippen LogP contribution in [0.3, 0.4) is 0 Å². The number of aromatic nitrogens is 1. The van der Waals surface area contributed by atoms with Gasteiger partial charge >= 0.3 is 18.0 Å². The molecule has 1 aromatic carbocycles. The summed E-state index contributed by atoms with van der Waals surface area (Å²) in [6.45, 7) is 12.8. The van der Waals surface area contributed by atoms with E-state index in [1.54, 1.807) is 5.38 Å². The Bertz CT molecular complexity index is 1440. The number of nitrogens with one attached hydrogen (secondary N) is 3. The maximum Gasteiger partial charge on any atom is 0.407 e. The van der Waals surface area contributed by atoms with Gasteiger partial charge in [-0.3, -0.25) is 14.4 Å². The minimum atomic E-state index is -2.35. The molecule has 2 heterocycles. The monoisotopic (exact) mass is 720 g/mol. The lowest BCUT2D eigenvalue weighted by molar-refractivity contribution is -0.151. The molecule has 0 unspecified atom stereocenters. The van der Waals surface area contributed by atoms with Crippen LogP contribution in [-0.2, 0) is 44.3 Å². The summed E-state index contributed by atoms with van der Waals surface area (Å²) >= 11 is 1.25. The van der Waals surface area contributed by atoms with Crippen LogP contribution in [0.25, 0.3) is 10.6 Å². The topological polar surface area (TPSA) is 180 Å². The molecule has 1 aromatic heterocycles. The molecule has 2 aromatic rings. The molecule has 0 radical (unpaired) electrons. The van der Waals surface area contributed by atoms with Gasteiger partial charge in [-0.25, -0.2) is 14.6 Å². The number of amides is 3. The minimum Gasteiger partial charge on any atom is -0.467 e.